The fourth-order valence-electron chi connectivity index (χ4n) is 20.6. The first-order chi connectivity index (χ1) is 65.4. The van der Waals surface area contributed by atoms with Crippen LogP contribution < -0.4 is 14.7 Å². The molecule has 0 amide bonds. The van der Waals surface area contributed by atoms with E-state index in [1.165, 1.54) is 82.4 Å². The molecule has 3 aromatic heterocycles. The molecule has 0 aliphatic rings. The van der Waals surface area contributed by atoms with Crippen molar-refractivity contribution < 1.29 is 0 Å². The summed E-state index contributed by atoms with van der Waals surface area (Å²) in [6.45, 7) is 0. The summed E-state index contributed by atoms with van der Waals surface area (Å²) in [6, 6.07) is 188. The van der Waals surface area contributed by atoms with Gasteiger partial charge in [-0.3, -0.25) is 0 Å². The highest BCUT2D eigenvalue weighted by molar-refractivity contribution is 6.17. The van der Waals surface area contributed by atoms with Crippen LogP contribution in [0.25, 0.3) is 182 Å². The Labute approximate surface area is 765 Å². The second-order valence-electron chi connectivity index (χ2n) is 34.3. The lowest BCUT2D eigenvalue weighted by Gasteiger charge is -2.33. The molecule has 0 fully saturated rings. The molecule has 25 aromatic rings. The van der Waals surface area contributed by atoms with Gasteiger partial charge in [-0.25, -0.2) is 0 Å². The molecule has 3 heterocycles. The van der Waals surface area contributed by atoms with Gasteiger partial charge in [0, 0.05) is 83.5 Å². The lowest BCUT2D eigenvalue weighted by molar-refractivity contribution is 1.18. The Balaban J connectivity index is 0.740. The van der Waals surface area contributed by atoms with Gasteiger partial charge in [0.15, 0.2) is 0 Å². The van der Waals surface area contributed by atoms with Crippen LogP contribution in [0.15, 0.2) is 510 Å². The van der Waals surface area contributed by atoms with Crippen molar-refractivity contribution in [3.63, 3.8) is 0 Å². The predicted octanol–water partition coefficient (Wildman–Crippen LogP) is 34.8. The van der Waals surface area contributed by atoms with Crippen molar-refractivity contribution in [2.75, 3.05) is 14.7 Å². The van der Waals surface area contributed by atoms with Gasteiger partial charge >= 0.3 is 0 Å². The molecule has 0 aliphatic carbocycles. The average molecular weight is 1680 g/mol. The predicted molar refractivity (Wildman–Crippen MR) is 559 cm³/mol. The Bertz CT molecular complexity index is 7890. The van der Waals surface area contributed by atoms with Gasteiger partial charge in [0.2, 0.25) is 0 Å². The van der Waals surface area contributed by atoms with E-state index in [2.05, 4.69) is 538 Å². The Morgan fingerprint density at radius 1 is 0.121 bits per heavy atom. The molecule has 0 radical (unpaired) electrons. The maximum atomic E-state index is 2.48. The highest BCUT2D eigenvalue weighted by atomic mass is 15.2. The smallest absolute Gasteiger partial charge is 0.0542 e. The molecule has 0 unspecified atom stereocenters. The summed E-state index contributed by atoms with van der Waals surface area (Å²) < 4.78 is 7.37. The van der Waals surface area contributed by atoms with Gasteiger partial charge in [0.05, 0.1) is 50.2 Å². The van der Waals surface area contributed by atoms with Crippen LogP contribution in [0.3, 0.4) is 0 Å². The van der Waals surface area contributed by atoms with Gasteiger partial charge in [-0.1, -0.05) is 328 Å². The second kappa shape index (κ2) is 32.4. The molecule has 6 nitrogen and oxygen atoms in total. The number of nitrogens with zero attached hydrogens (tertiary/aromatic N) is 6. The number of para-hydroxylation sites is 3. The molecular weight excluding hydrogens is 1600 g/mol. The molecule has 0 atom stereocenters. The van der Waals surface area contributed by atoms with Crippen molar-refractivity contribution >= 4 is 149 Å². The summed E-state index contributed by atoms with van der Waals surface area (Å²) in [4.78, 5) is 7.44. The quantitative estimate of drug-likeness (QED) is 0.0856. The van der Waals surface area contributed by atoms with Gasteiger partial charge in [-0.2, -0.15) is 0 Å². The van der Waals surface area contributed by atoms with Crippen LogP contribution in [0, 0.1) is 0 Å². The van der Waals surface area contributed by atoms with Crippen LogP contribution in [0.4, 0.5) is 51.2 Å². The normalized spacial score (nSPS) is 11.6. The minimum absolute atomic E-state index is 0.944. The molecule has 22 aromatic carbocycles. The van der Waals surface area contributed by atoms with Crippen LogP contribution in [0.5, 0.6) is 0 Å². The Hall–Kier alpha value is -17.6. The van der Waals surface area contributed by atoms with Crippen molar-refractivity contribution in [1.29, 1.82) is 0 Å². The van der Waals surface area contributed by atoms with Crippen LogP contribution in [-0.4, -0.2) is 13.7 Å². The molecule has 618 valence electrons. The van der Waals surface area contributed by atoms with E-state index in [0.29, 0.717) is 0 Å². The summed E-state index contributed by atoms with van der Waals surface area (Å²) >= 11 is 0. The zero-order chi connectivity index (χ0) is 87.1. The topological polar surface area (TPSA) is 24.5 Å². The Morgan fingerprint density at radius 3 is 0.606 bits per heavy atom. The fourth-order valence-corrected chi connectivity index (χ4v) is 20.6. The average Bonchev–Trinajstić information content (AvgIpc) is 1.60. The number of rotatable bonds is 18. The molecule has 0 saturated heterocycles. The van der Waals surface area contributed by atoms with Gasteiger partial charge in [-0.15, -0.1) is 0 Å². The van der Waals surface area contributed by atoms with Crippen molar-refractivity contribution in [2.24, 2.45) is 0 Å². The zero-order valence-electron chi connectivity index (χ0n) is 72.2. The maximum Gasteiger partial charge on any atom is 0.0542 e. The van der Waals surface area contributed by atoms with E-state index in [4.69, 9.17) is 0 Å². The van der Waals surface area contributed by atoms with E-state index < -0.39 is 0 Å². The minimum atomic E-state index is 0.944. The van der Waals surface area contributed by atoms with Crippen molar-refractivity contribution in [2.45, 2.75) is 0 Å². The lowest BCUT2D eigenvalue weighted by atomic mass is 9.97. The van der Waals surface area contributed by atoms with E-state index in [1.807, 2.05) is 0 Å². The fraction of sp³-hybridized carbons (Fsp3) is 0. The van der Waals surface area contributed by atoms with E-state index in [9.17, 15) is 0 Å². The number of hydrogen-bond acceptors (Lipinski definition) is 3. The molecule has 0 saturated carbocycles. The molecule has 0 N–H and O–H groups in total. The molecule has 6 heteroatoms. The number of aromatic nitrogens is 3. The van der Waals surface area contributed by atoms with Crippen molar-refractivity contribution in [3.05, 3.63) is 510 Å². The number of fused-ring (bicyclic) bond motifs is 12. The van der Waals surface area contributed by atoms with Crippen LogP contribution in [0.1, 0.15) is 0 Å². The van der Waals surface area contributed by atoms with E-state index in [1.54, 1.807) is 0 Å². The van der Waals surface area contributed by atoms with Crippen molar-refractivity contribution in [1.82, 2.24) is 13.7 Å². The van der Waals surface area contributed by atoms with E-state index in [0.717, 1.165) is 150 Å². The zero-order valence-corrected chi connectivity index (χ0v) is 72.2. The third-order valence-electron chi connectivity index (χ3n) is 26.7. The maximum absolute atomic E-state index is 2.48. The van der Waals surface area contributed by atoms with Crippen LogP contribution in [-0.2, 0) is 0 Å². The largest absolute Gasteiger partial charge is 0.310 e. The standard InChI is InChI=1S/C126H84N6/c1-7-28-85(29-8-1)88-52-61-100(62-53-88)130-121-70-58-94(112-49-25-37-91-34-19-22-46-109(91)112)76-115(121)118-82-103(67-73-124(118)130)127(97-40-13-4-14-41-97)106-79-107(128(98-42-15-5-16-43-98)104-68-74-125-119(83-104)116-77-95(113-50-26-38-92-35-20-23-47-110(92)113)59-71-122(116)131(125)101-63-54-89(55-64-101)86-30-9-2-10-31-86)81-108(80-106)129(99-44-17-6-18-45-99)105-69-75-126-120(84-105)117-78-96(114-51-27-39-93-36-21-24-48-111(93)114)60-72-123(117)132(126)102-65-56-90(57-66-102)87-32-11-3-12-33-87/h1-84H. The number of benzene rings is 22. The van der Waals surface area contributed by atoms with E-state index >= 15 is 0 Å². The summed E-state index contributed by atoms with van der Waals surface area (Å²) in [7, 11) is 0. The van der Waals surface area contributed by atoms with Gasteiger partial charge in [-0.05, 0) is 281 Å². The Kier molecular flexibility index (Phi) is 18.8. The van der Waals surface area contributed by atoms with Crippen LogP contribution in [0.2, 0.25) is 0 Å². The Morgan fingerprint density at radius 2 is 0.333 bits per heavy atom. The molecule has 0 spiro atoms. The number of hydrogen-bond donors (Lipinski definition) is 0. The third-order valence-corrected chi connectivity index (χ3v) is 26.7. The highest BCUT2D eigenvalue weighted by Gasteiger charge is 2.28. The van der Waals surface area contributed by atoms with Crippen molar-refractivity contribution in [3.8, 4) is 83.8 Å². The molecule has 25 rings (SSSR count). The third kappa shape index (κ3) is 13.5. The lowest BCUT2D eigenvalue weighted by Crippen LogP contribution is -2.16. The monoisotopic (exact) mass is 1680 g/mol. The summed E-state index contributed by atoms with van der Waals surface area (Å²) in [5.74, 6) is 0. The first kappa shape index (κ1) is 76.8. The SMILES string of the molecule is c1ccc(-c2ccc(-n3c4ccc(-c5cccc6ccccc56)cc4c4cc(N(c5ccccc5)c5cc(N(c6ccccc6)c6ccc7c(c6)c6cc(-c8cccc9ccccc89)ccc6n7-c6ccc(-c7ccccc7)cc6)cc(N(c6ccccc6)c6ccc7c(c6)c6cc(-c8cccc9ccccc89)ccc6n7-c6ccc(-c7ccccc7)cc6)c5)ccc43)cc2)cc1. The van der Waals surface area contributed by atoms with Gasteiger partial charge in [0.1, 0.15) is 0 Å². The first-order valence-electron chi connectivity index (χ1n) is 45.3. The summed E-state index contributed by atoms with van der Waals surface area (Å²) in [5, 5.41) is 14.1. The first-order valence-corrected chi connectivity index (χ1v) is 45.3. The number of anilines is 9. The second-order valence-corrected chi connectivity index (χ2v) is 34.3. The van der Waals surface area contributed by atoms with Gasteiger partial charge < -0.3 is 28.4 Å². The molecular formula is C126H84N6. The van der Waals surface area contributed by atoms with Gasteiger partial charge in [0.25, 0.3) is 0 Å². The molecule has 0 aliphatic heterocycles. The van der Waals surface area contributed by atoms with Crippen LogP contribution >= 0.6 is 0 Å². The minimum Gasteiger partial charge on any atom is -0.310 e. The molecule has 132 heavy (non-hydrogen) atoms. The van der Waals surface area contributed by atoms with E-state index in [-0.39, 0.29) is 0 Å². The molecule has 0 bridgehead atoms. The summed E-state index contributed by atoms with van der Waals surface area (Å²) in [5.41, 5.74) is 32.7. The highest BCUT2D eigenvalue weighted by Crippen LogP contribution is 2.51. The summed E-state index contributed by atoms with van der Waals surface area (Å²) in [6.07, 6.45) is 0.